The first-order valence-electron chi connectivity index (χ1n) is 12.5. The molecule has 5 aromatic rings. The second-order valence-electron chi connectivity index (χ2n) is 9.20. The second-order valence-corrected chi connectivity index (χ2v) is 10.6. The number of hydrogen-bond acceptors (Lipinski definition) is 5. The lowest BCUT2D eigenvalue weighted by molar-refractivity contribution is -0.138. The van der Waals surface area contributed by atoms with Gasteiger partial charge in [0.15, 0.2) is 4.80 Å². The summed E-state index contributed by atoms with van der Waals surface area (Å²) < 4.78 is 9.68. The van der Waals surface area contributed by atoms with Gasteiger partial charge in [0, 0.05) is 40.3 Å². The van der Waals surface area contributed by atoms with Gasteiger partial charge in [-0.05, 0) is 36.8 Å². The lowest BCUT2D eigenvalue weighted by atomic mass is 9.93. The lowest BCUT2D eigenvalue weighted by Gasteiger charge is -2.25. The van der Waals surface area contributed by atoms with Crippen molar-refractivity contribution in [3.8, 4) is 0 Å². The standard InChI is InChI=1S/C31H24ClN3O3S/c1-3-38-30(37)26-27(19-9-5-4-6-10-19)33-31-35(28(26)20-13-15-22(32)16-14-20)29(36)25(39-31)17-21-18-34(2)24-12-8-7-11-23(21)24/h4-18,28H,3H2,1-2H3/b25-17+. The molecule has 1 atom stereocenters. The van der Waals surface area contributed by atoms with E-state index in [0.29, 0.717) is 25.6 Å². The number of halogens is 1. The van der Waals surface area contributed by atoms with Crippen molar-refractivity contribution < 1.29 is 9.53 Å². The van der Waals surface area contributed by atoms with Crippen LogP contribution in [0, 0.1) is 0 Å². The van der Waals surface area contributed by atoms with Crippen molar-refractivity contribution in [2.75, 3.05) is 6.61 Å². The summed E-state index contributed by atoms with van der Waals surface area (Å²) in [5.74, 6) is -0.511. The quantitative estimate of drug-likeness (QED) is 0.285. The second kappa shape index (κ2) is 10.2. The maximum Gasteiger partial charge on any atom is 0.338 e. The number of nitrogens with zero attached hydrogens (tertiary/aromatic N) is 3. The van der Waals surface area contributed by atoms with Crippen molar-refractivity contribution >= 4 is 51.6 Å². The number of ether oxygens (including phenoxy) is 1. The molecule has 0 saturated heterocycles. The Bertz CT molecular complexity index is 1930. The summed E-state index contributed by atoms with van der Waals surface area (Å²) in [5, 5.41) is 1.62. The third kappa shape index (κ3) is 4.43. The Morgan fingerprint density at radius 3 is 2.51 bits per heavy atom. The smallest absolute Gasteiger partial charge is 0.338 e. The number of para-hydroxylation sites is 1. The molecule has 194 valence electrons. The Morgan fingerprint density at radius 2 is 1.77 bits per heavy atom. The third-order valence-corrected chi connectivity index (χ3v) is 8.01. The van der Waals surface area contributed by atoms with Crippen LogP contribution in [-0.2, 0) is 16.6 Å². The molecule has 1 aliphatic heterocycles. The number of aromatic nitrogens is 2. The zero-order valence-electron chi connectivity index (χ0n) is 21.3. The number of benzene rings is 3. The van der Waals surface area contributed by atoms with Gasteiger partial charge in [-0.25, -0.2) is 9.79 Å². The largest absolute Gasteiger partial charge is 0.463 e. The number of esters is 1. The number of aryl methyl sites for hydroxylation is 1. The van der Waals surface area contributed by atoms with Crippen LogP contribution in [0.3, 0.4) is 0 Å². The zero-order chi connectivity index (χ0) is 27.1. The average Bonchev–Trinajstić information content (AvgIpc) is 3.44. The molecule has 2 aromatic heterocycles. The van der Waals surface area contributed by atoms with E-state index in [-0.39, 0.29) is 12.2 Å². The summed E-state index contributed by atoms with van der Waals surface area (Å²) in [6.07, 6.45) is 3.92. The van der Waals surface area contributed by atoms with E-state index < -0.39 is 12.0 Å². The van der Waals surface area contributed by atoms with Crippen molar-refractivity contribution in [1.82, 2.24) is 9.13 Å². The number of rotatable bonds is 5. The molecule has 1 aliphatic rings. The minimum absolute atomic E-state index is 0.198. The van der Waals surface area contributed by atoms with Crippen molar-refractivity contribution in [3.63, 3.8) is 0 Å². The molecule has 0 bridgehead atoms. The summed E-state index contributed by atoms with van der Waals surface area (Å²) >= 11 is 7.51. The molecule has 0 radical (unpaired) electrons. The fourth-order valence-electron chi connectivity index (χ4n) is 5.03. The summed E-state index contributed by atoms with van der Waals surface area (Å²) in [7, 11) is 1.99. The molecule has 6 nitrogen and oxygen atoms in total. The SMILES string of the molecule is CCOC(=O)C1=C(c2ccccc2)N=c2s/c(=C/c3cn(C)c4ccccc34)c(=O)n2C1c1ccc(Cl)cc1. The molecule has 0 fully saturated rings. The van der Waals surface area contributed by atoms with E-state index in [9.17, 15) is 9.59 Å². The van der Waals surface area contributed by atoms with Gasteiger partial charge in [0.2, 0.25) is 0 Å². The van der Waals surface area contributed by atoms with Gasteiger partial charge in [-0.3, -0.25) is 9.36 Å². The highest BCUT2D eigenvalue weighted by atomic mass is 35.5. The van der Waals surface area contributed by atoms with Crippen molar-refractivity contribution in [3.05, 3.63) is 132 Å². The van der Waals surface area contributed by atoms with Crippen LogP contribution < -0.4 is 14.9 Å². The van der Waals surface area contributed by atoms with Gasteiger partial charge in [-0.2, -0.15) is 0 Å². The fourth-order valence-corrected chi connectivity index (χ4v) is 6.15. The highest BCUT2D eigenvalue weighted by Gasteiger charge is 2.35. The zero-order valence-corrected chi connectivity index (χ0v) is 22.9. The molecule has 0 N–H and O–H groups in total. The predicted molar refractivity (Wildman–Crippen MR) is 155 cm³/mol. The van der Waals surface area contributed by atoms with Crippen LogP contribution in [0.1, 0.15) is 29.7 Å². The number of hydrogen-bond donors (Lipinski definition) is 0. The molecule has 1 unspecified atom stereocenters. The normalized spacial score (nSPS) is 15.4. The maximum absolute atomic E-state index is 14.1. The topological polar surface area (TPSA) is 65.6 Å². The molecule has 0 amide bonds. The minimum Gasteiger partial charge on any atom is -0.463 e. The van der Waals surface area contributed by atoms with Gasteiger partial charge in [-0.1, -0.05) is 83.6 Å². The Balaban J connectivity index is 1.66. The number of thiazole rings is 1. The summed E-state index contributed by atoms with van der Waals surface area (Å²) in [6.45, 7) is 1.96. The van der Waals surface area contributed by atoms with Gasteiger partial charge >= 0.3 is 5.97 Å². The molecule has 0 spiro atoms. The summed E-state index contributed by atoms with van der Waals surface area (Å²) in [4.78, 5) is 33.0. The van der Waals surface area contributed by atoms with Crippen LogP contribution in [0.5, 0.6) is 0 Å². The Kier molecular flexibility index (Phi) is 6.54. The van der Waals surface area contributed by atoms with E-state index in [1.165, 1.54) is 11.3 Å². The fraction of sp³-hybridized carbons (Fsp3) is 0.129. The molecule has 39 heavy (non-hydrogen) atoms. The monoisotopic (exact) mass is 553 g/mol. The van der Waals surface area contributed by atoms with Crippen molar-refractivity contribution in [2.45, 2.75) is 13.0 Å². The molecule has 3 aromatic carbocycles. The molecule has 0 aliphatic carbocycles. The van der Waals surface area contributed by atoms with E-state index >= 15 is 0 Å². The molecular weight excluding hydrogens is 530 g/mol. The maximum atomic E-state index is 14.1. The number of fused-ring (bicyclic) bond motifs is 2. The van der Waals surface area contributed by atoms with Gasteiger partial charge in [0.25, 0.3) is 5.56 Å². The van der Waals surface area contributed by atoms with Crippen LogP contribution in [-0.4, -0.2) is 21.7 Å². The highest BCUT2D eigenvalue weighted by molar-refractivity contribution is 7.07. The van der Waals surface area contributed by atoms with Crippen LogP contribution in [0.2, 0.25) is 5.02 Å². The number of carbonyl (C=O) groups is 1. The molecule has 3 heterocycles. The van der Waals surface area contributed by atoms with E-state index in [4.69, 9.17) is 21.3 Å². The first-order chi connectivity index (χ1) is 19.0. The van der Waals surface area contributed by atoms with Gasteiger partial charge < -0.3 is 9.30 Å². The molecule has 0 saturated carbocycles. The first kappa shape index (κ1) is 25.1. The summed E-state index contributed by atoms with van der Waals surface area (Å²) in [5.41, 5.74) is 4.11. The highest BCUT2D eigenvalue weighted by Crippen LogP contribution is 2.35. The Hall–Kier alpha value is -4.20. The van der Waals surface area contributed by atoms with Crippen molar-refractivity contribution in [1.29, 1.82) is 0 Å². The van der Waals surface area contributed by atoms with E-state index in [1.807, 2.05) is 90.6 Å². The van der Waals surface area contributed by atoms with E-state index in [0.717, 1.165) is 27.6 Å². The Labute approximate surface area is 233 Å². The number of carbonyl (C=O) groups excluding carboxylic acids is 1. The van der Waals surface area contributed by atoms with Crippen molar-refractivity contribution in [2.24, 2.45) is 12.0 Å². The molecular formula is C31H24ClN3O3S. The van der Waals surface area contributed by atoms with Crippen LogP contribution >= 0.6 is 22.9 Å². The van der Waals surface area contributed by atoms with Gasteiger partial charge in [0.1, 0.15) is 0 Å². The van der Waals surface area contributed by atoms with E-state index in [2.05, 4.69) is 0 Å². The van der Waals surface area contributed by atoms with Crippen LogP contribution in [0.25, 0.3) is 22.7 Å². The first-order valence-corrected chi connectivity index (χ1v) is 13.7. The molecule has 8 heteroatoms. The van der Waals surface area contributed by atoms with Gasteiger partial charge in [0.05, 0.1) is 28.5 Å². The predicted octanol–water partition coefficient (Wildman–Crippen LogP) is 5.08. The lowest BCUT2D eigenvalue weighted by Crippen LogP contribution is -2.40. The van der Waals surface area contributed by atoms with E-state index in [1.54, 1.807) is 23.6 Å². The third-order valence-electron chi connectivity index (χ3n) is 6.77. The van der Waals surface area contributed by atoms with Gasteiger partial charge in [-0.15, -0.1) is 0 Å². The Morgan fingerprint density at radius 1 is 1.05 bits per heavy atom. The van der Waals surface area contributed by atoms with Crippen LogP contribution in [0.15, 0.2) is 100 Å². The molecule has 6 rings (SSSR count). The summed E-state index contributed by atoms with van der Waals surface area (Å²) in [6, 6.07) is 24.0. The average molecular weight is 554 g/mol. The minimum atomic E-state index is -0.734. The van der Waals surface area contributed by atoms with Crippen LogP contribution in [0.4, 0.5) is 0 Å².